The number of halogens is 7. The van der Waals surface area contributed by atoms with Crippen molar-refractivity contribution in [2.24, 2.45) is 4.99 Å². The van der Waals surface area contributed by atoms with Gasteiger partial charge in [-0.25, -0.2) is 13.2 Å². The molecule has 0 saturated carbocycles. The van der Waals surface area contributed by atoms with Crippen LogP contribution in [-0.2, 0) is 11.2 Å². The fraction of sp³-hybridized carbons (Fsp3) is 0.200. The van der Waals surface area contributed by atoms with Crippen molar-refractivity contribution in [3.05, 3.63) is 112 Å². The fourth-order valence-corrected chi connectivity index (χ4v) is 4.94. The van der Waals surface area contributed by atoms with Crippen LogP contribution in [-0.4, -0.2) is 35.9 Å². The van der Waals surface area contributed by atoms with Gasteiger partial charge in [0.25, 0.3) is 0 Å². The third kappa shape index (κ3) is 6.82. The zero-order chi connectivity index (χ0) is 29.9. The molecule has 11 heteroatoms. The molecule has 3 aromatic carbocycles. The zero-order valence-electron chi connectivity index (χ0n) is 21.8. The molecule has 214 valence electrons. The molecular formula is C30H24ClF6N3O. The van der Waals surface area contributed by atoms with E-state index in [2.05, 4.69) is 15.3 Å². The normalized spacial score (nSPS) is 14.3. The monoisotopic (exact) mass is 591 g/mol. The molecule has 0 aliphatic carbocycles. The average molecular weight is 592 g/mol. The van der Waals surface area contributed by atoms with Crippen LogP contribution in [0, 0.1) is 17.5 Å². The molecule has 0 bridgehead atoms. The maximum Gasteiger partial charge on any atom is 0.404 e. The molecule has 1 aromatic heterocycles. The maximum absolute atomic E-state index is 14.4. The molecule has 1 amide bonds. The number of benzene rings is 3. The van der Waals surface area contributed by atoms with Crippen molar-refractivity contribution < 1.29 is 31.1 Å². The Balaban J connectivity index is 1.79. The summed E-state index contributed by atoms with van der Waals surface area (Å²) in [5.41, 5.74) is 1.05. The van der Waals surface area contributed by atoms with Gasteiger partial charge in [0.1, 0.15) is 17.5 Å². The molecule has 0 radical (unpaired) electrons. The molecule has 0 aliphatic rings. The summed E-state index contributed by atoms with van der Waals surface area (Å²) in [7, 11) is 1.39. The Hall–Kier alpha value is -4.05. The molecule has 2 N–H and O–H groups in total. The summed E-state index contributed by atoms with van der Waals surface area (Å²) < 4.78 is 85.3. The smallest absolute Gasteiger partial charge is 0.361 e. The lowest BCUT2D eigenvalue weighted by molar-refractivity contribution is -0.164. The molecule has 0 saturated heterocycles. The highest BCUT2D eigenvalue weighted by Gasteiger charge is 2.48. The predicted molar refractivity (Wildman–Crippen MR) is 148 cm³/mol. The van der Waals surface area contributed by atoms with E-state index >= 15 is 0 Å². The molecule has 41 heavy (non-hydrogen) atoms. The maximum atomic E-state index is 14.4. The van der Waals surface area contributed by atoms with Crippen LogP contribution < -0.4 is 5.32 Å². The van der Waals surface area contributed by atoms with Crippen molar-refractivity contribution in [2.75, 3.05) is 7.05 Å². The van der Waals surface area contributed by atoms with Crippen LogP contribution >= 0.6 is 11.6 Å². The van der Waals surface area contributed by atoms with Crippen molar-refractivity contribution in [1.29, 1.82) is 0 Å². The number of rotatable bonds is 8. The second-order valence-corrected chi connectivity index (χ2v) is 9.71. The third-order valence-corrected chi connectivity index (χ3v) is 6.80. The first kappa shape index (κ1) is 29.9. The van der Waals surface area contributed by atoms with Gasteiger partial charge in [0.2, 0.25) is 5.91 Å². The number of hydrogen-bond acceptors (Lipinski definition) is 2. The van der Waals surface area contributed by atoms with Crippen LogP contribution in [0.25, 0.3) is 16.5 Å². The van der Waals surface area contributed by atoms with E-state index in [1.54, 1.807) is 37.3 Å². The molecule has 4 rings (SSSR count). The number of nitrogens with one attached hydrogen (secondary N) is 2. The van der Waals surface area contributed by atoms with Crippen LogP contribution in [0.4, 0.5) is 26.3 Å². The summed E-state index contributed by atoms with van der Waals surface area (Å²) >= 11 is 6.01. The van der Waals surface area contributed by atoms with Crippen LogP contribution in [0.15, 0.2) is 77.9 Å². The molecular weight excluding hydrogens is 568 g/mol. The number of aromatic amines is 1. The van der Waals surface area contributed by atoms with Gasteiger partial charge in [-0.05, 0) is 72.5 Å². The van der Waals surface area contributed by atoms with Gasteiger partial charge in [-0.2, -0.15) is 13.2 Å². The van der Waals surface area contributed by atoms with E-state index in [4.69, 9.17) is 11.6 Å². The number of fused-ring (bicyclic) bond motifs is 1. The second-order valence-electron chi connectivity index (χ2n) is 9.27. The van der Waals surface area contributed by atoms with Crippen LogP contribution in [0.3, 0.4) is 0 Å². The van der Waals surface area contributed by atoms with Crippen molar-refractivity contribution in [3.8, 4) is 0 Å². The lowest BCUT2D eigenvalue weighted by atomic mass is 9.90. The summed E-state index contributed by atoms with van der Waals surface area (Å²) in [5, 5.41) is 2.76. The molecule has 4 nitrogen and oxygen atoms in total. The molecule has 0 spiro atoms. The highest BCUT2D eigenvalue weighted by molar-refractivity contribution is 6.31. The van der Waals surface area contributed by atoms with E-state index in [9.17, 15) is 31.1 Å². The van der Waals surface area contributed by atoms with E-state index in [0.717, 1.165) is 30.5 Å². The van der Waals surface area contributed by atoms with Gasteiger partial charge in [-0.3, -0.25) is 9.79 Å². The molecule has 2 unspecified atom stereocenters. The number of amides is 1. The van der Waals surface area contributed by atoms with Crippen molar-refractivity contribution in [3.63, 3.8) is 0 Å². The Morgan fingerprint density at radius 2 is 1.66 bits per heavy atom. The van der Waals surface area contributed by atoms with E-state index < -0.39 is 47.1 Å². The lowest BCUT2D eigenvalue weighted by Crippen LogP contribution is -2.47. The summed E-state index contributed by atoms with van der Waals surface area (Å²) in [6.07, 6.45) is -2.69. The standard InChI is InChI=1S/C30H24ClF6N3O/c1-3-22(17-4-6-18(31)7-5-17)28(38-2)26(12-16-10-20(33)13-21(34)11-16)40-29(41)27(30(35,36)37)24-15-39-25-9-8-19(32)14-23(24)25/h3-11,13-15,26-27,39H,12H2,1-2H3,(H,40,41). The Bertz CT molecular complexity index is 1610. The quantitative estimate of drug-likeness (QED) is 0.159. The predicted octanol–water partition coefficient (Wildman–Crippen LogP) is 7.79. The average Bonchev–Trinajstić information content (AvgIpc) is 3.28. The Labute approximate surface area is 236 Å². The fourth-order valence-electron chi connectivity index (χ4n) is 4.81. The number of allylic oxidation sites excluding steroid dienone is 1. The highest BCUT2D eigenvalue weighted by atomic mass is 35.5. The second kappa shape index (κ2) is 12.2. The van der Waals surface area contributed by atoms with Crippen molar-refractivity contribution in [2.45, 2.75) is 31.5 Å². The van der Waals surface area contributed by atoms with Gasteiger partial charge in [0.15, 0.2) is 5.92 Å². The molecule has 1 heterocycles. The SMILES string of the molecule is CC=C(C(=NC)C(Cc1cc(F)cc(F)c1)NC(=O)C(c1c[nH]c2ccc(F)cc12)C(F)(F)F)c1ccc(Cl)cc1. The minimum atomic E-state index is -5.07. The van der Waals surface area contributed by atoms with Gasteiger partial charge < -0.3 is 10.3 Å². The number of alkyl halides is 3. The van der Waals surface area contributed by atoms with Crippen LogP contribution in [0.2, 0.25) is 5.02 Å². The number of hydrogen-bond donors (Lipinski definition) is 2. The summed E-state index contributed by atoms with van der Waals surface area (Å²) in [6, 6.07) is 11.3. The highest BCUT2D eigenvalue weighted by Crippen LogP contribution is 2.39. The summed E-state index contributed by atoms with van der Waals surface area (Å²) in [5.74, 6) is -6.69. The molecule has 2 atom stereocenters. The number of aromatic nitrogens is 1. The minimum absolute atomic E-state index is 0.0817. The zero-order valence-corrected chi connectivity index (χ0v) is 22.5. The van der Waals surface area contributed by atoms with Gasteiger partial charge in [-0.15, -0.1) is 0 Å². The minimum Gasteiger partial charge on any atom is -0.361 e. The van der Waals surface area contributed by atoms with Crippen LogP contribution in [0.1, 0.15) is 29.5 Å². The van der Waals surface area contributed by atoms with Gasteiger partial charge in [-0.1, -0.05) is 29.8 Å². The Morgan fingerprint density at radius 1 is 1.00 bits per heavy atom. The number of nitrogens with zero attached hydrogens (tertiary/aromatic N) is 1. The van der Waals surface area contributed by atoms with Crippen molar-refractivity contribution >= 4 is 39.7 Å². The lowest BCUT2D eigenvalue weighted by Gasteiger charge is -2.27. The van der Waals surface area contributed by atoms with Gasteiger partial charge in [0.05, 0.1) is 11.8 Å². The van der Waals surface area contributed by atoms with E-state index in [-0.39, 0.29) is 28.6 Å². The third-order valence-electron chi connectivity index (χ3n) is 6.55. The molecule has 0 aliphatic heterocycles. The Kier molecular flexibility index (Phi) is 8.92. The largest absolute Gasteiger partial charge is 0.404 e. The van der Waals surface area contributed by atoms with E-state index in [1.165, 1.54) is 13.1 Å². The topological polar surface area (TPSA) is 57.2 Å². The number of carbonyl (C=O) groups excluding carboxylic acids is 1. The first-order valence-electron chi connectivity index (χ1n) is 12.4. The summed E-state index contributed by atoms with van der Waals surface area (Å²) in [6.45, 7) is 1.68. The number of carbonyl (C=O) groups is 1. The van der Waals surface area contributed by atoms with Crippen molar-refractivity contribution in [1.82, 2.24) is 10.3 Å². The first-order valence-corrected chi connectivity index (χ1v) is 12.8. The Morgan fingerprint density at radius 3 is 2.24 bits per heavy atom. The number of aliphatic imine (C=N–C) groups is 1. The van der Waals surface area contributed by atoms with E-state index in [1.807, 2.05) is 0 Å². The molecule has 0 fully saturated rings. The summed E-state index contributed by atoms with van der Waals surface area (Å²) in [4.78, 5) is 20.4. The van der Waals surface area contributed by atoms with Crippen LogP contribution in [0.5, 0.6) is 0 Å². The van der Waals surface area contributed by atoms with Gasteiger partial charge >= 0.3 is 6.18 Å². The first-order chi connectivity index (χ1) is 19.4. The molecule has 4 aromatic rings. The van der Waals surface area contributed by atoms with E-state index in [0.29, 0.717) is 22.2 Å². The van der Waals surface area contributed by atoms with Gasteiger partial charge in [0, 0.05) is 40.8 Å². The number of H-pyrrole nitrogens is 1.